The van der Waals surface area contributed by atoms with Gasteiger partial charge in [-0.2, -0.15) is 0 Å². The molecule has 2 aliphatic rings. The van der Waals surface area contributed by atoms with Crippen molar-refractivity contribution in [3.8, 4) is 0 Å². The molecule has 88 valence electrons. The maximum absolute atomic E-state index is 11.9. The van der Waals surface area contributed by atoms with Crippen LogP contribution >= 0.6 is 0 Å². The Morgan fingerprint density at radius 2 is 2.19 bits per heavy atom. The fraction of sp³-hybridized carbons (Fsp3) is 0.600. The van der Waals surface area contributed by atoms with Crippen LogP contribution in [-0.4, -0.2) is 47.7 Å². The Bertz CT molecular complexity index is 334. The number of ether oxygens (including phenoxy) is 2. The normalized spacial score (nSPS) is 19.1. The fourth-order valence-electron chi connectivity index (χ4n) is 1.52. The van der Waals surface area contributed by atoms with Gasteiger partial charge < -0.3 is 19.5 Å². The van der Waals surface area contributed by atoms with E-state index >= 15 is 0 Å². The van der Waals surface area contributed by atoms with Crippen molar-refractivity contribution in [2.45, 2.75) is 18.9 Å². The van der Waals surface area contributed by atoms with Crippen LogP contribution in [0.15, 0.2) is 12.0 Å². The molecule has 0 aromatic carbocycles. The third-order valence-electron chi connectivity index (χ3n) is 2.41. The summed E-state index contributed by atoms with van der Waals surface area (Å²) < 4.78 is 10.1. The molecule has 0 atom stereocenters. The van der Waals surface area contributed by atoms with E-state index in [1.54, 1.807) is 0 Å². The minimum atomic E-state index is -1.02. The summed E-state index contributed by atoms with van der Waals surface area (Å²) in [5, 5.41) is 8.72. The second-order valence-electron chi connectivity index (χ2n) is 3.76. The quantitative estimate of drug-likeness (QED) is 0.728. The maximum atomic E-state index is 11.9. The van der Waals surface area contributed by atoms with E-state index in [2.05, 4.69) is 0 Å². The SMILES string of the molecule is O=C(O)CN(C(=O)C1=COCCO1)C1CC1. The average Bonchev–Trinajstić information content (AvgIpc) is 3.10. The van der Waals surface area contributed by atoms with Crippen LogP contribution in [0.5, 0.6) is 0 Å². The molecule has 2 rings (SSSR count). The Kier molecular flexibility index (Phi) is 2.98. The molecule has 1 aliphatic heterocycles. The highest BCUT2D eigenvalue weighted by atomic mass is 16.6. The number of carbonyl (C=O) groups excluding carboxylic acids is 1. The number of nitrogens with zero attached hydrogens (tertiary/aromatic N) is 1. The number of hydrogen-bond donors (Lipinski definition) is 1. The van der Waals surface area contributed by atoms with Crippen LogP contribution in [0.3, 0.4) is 0 Å². The lowest BCUT2D eigenvalue weighted by molar-refractivity contribution is -0.145. The van der Waals surface area contributed by atoms with Gasteiger partial charge in [0.15, 0.2) is 0 Å². The number of amides is 1. The van der Waals surface area contributed by atoms with E-state index in [0.29, 0.717) is 13.2 Å². The zero-order valence-electron chi connectivity index (χ0n) is 8.72. The lowest BCUT2D eigenvalue weighted by atomic mass is 10.3. The second kappa shape index (κ2) is 4.42. The van der Waals surface area contributed by atoms with Crippen molar-refractivity contribution in [2.24, 2.45) is 0 Å². The Balaban J connectivity index is 2.03. The number of aliphatic carboxylic acids is 1. The molecule has 1 aliphatic carbocycles. The smallest absolute Gasteiger partial charge is 0.323 e. The molecule has 0 spiro atoms. The van der Waals surface area contributed by atoms with E-state index in [9.17, 15) is 9.59 Å². The molecule has 0 radical (unpaired) electrons. The molecule has 1 heterocycles. The Hall–Kier alpha value is -1.72. The lowest BCUT2D eigenvalue weighted by Crippen LogP contribution is -2.39. The lowest BCUT2D eigenvalue weighted by Gasteiger charge is -2.23. The summed E-state index contributed by atoms with van der Waals surface area (Å²) in [5.74, 6) is -1.32. The van der Waals surface area contributed by atoms with Crippen LogP contribution in [0.25, 0.3) is 0 Å². The van der Waals surface area contributed by atoms with Gasteiger partial charge in [-0.05, 0) is 12.8 Å². The van der Waals surface area contributed by atoms with Gasteiger partial charge in [-0.3, -0.25) is 9.59 Å². The number of carbonyl (C=O) groups is 2. The summed E-state index contributed by atoms with van der Waals surface area (Å²) in [5.41, 5.74) is 0. The molecule has 1 amide bonds. The first-order chi connectivity index (χ1) is 7.68. The number of hydrogen-bond acceptors (Lipinski definition) is 4. The molecule has 0 aromatic rings. The molecule has 0 saturated heterocycles. The topological polar surface area (TPSA) is 76.1 Å². The van der Waals surface area contributed by atoms with Crippen molar-refractivity contribution in [3.05, 3.63) is 12.0 Å². The van der Waals surface area contributed by atoms with Gasteiger partial charge >= 0.3 is 5.97 Å². The van der Waals surface area contributed by atoms with Crippen molar-refractivity contribution in [1.29, 1.82) is 0 Å². The minimum Gasteiger partial charge on any atom is -0.494 e. The van der Waals surface area contributed by atoms with Gasteiger partial charge in [-0.1, -0.05) is 0 Å². The second-order valence-corrected chi connectivity index (χ2v) is 3.76. The number of rotatable bonds is 4. The first-order valence-electron chi connectivity index (χ1n) is 5.16. The third-order valence-corrected chi connectivity index (χ3v) is 2.41. The fourth-order valence-corrected chi connectivity index (χ4v) is 1.52. The molecule has 6 heteroatoms. The summed E-state index contributed by atoms with van der Waals surface area (Å²) in [6, 6.07) is 0.0371. The van der Waals surface area contributed by atoms with Gasteiger partial charge in [-0.15, -0.1) is 0 Å². The van der Waals surface area contributed by atoms with Gasteiger partial charge in [0.05, 0.1) is 0 Å². The van der Waals surface area contributed by atoms with Crippen molar-refractivity contribution < 1.29 is 24.2 Å². The van der Waals surface area contributed by atoms with Gasteiger partial charge in [0.25, 0.3) is 5.91 Å². The molecular formula is C10H13NO5. The van der Waals surface area contributed by atoms with E-state index in [0.717, 1.165) is 12.8 Å². The van der Waals surface area contributed by atoms with E-state index in [1.165, 1.54) is 11.2 Å². The molecule has 1 saturated carbocycles. The molecule has 16 heavy (non-hydrogen) atoms. The van der Waals surface area contributed by atoms with Crippen LogP contribution in [0.1, 0.15) is 12.8 Å². The molecule has 1 N–H and O–H groups in total. The average molecular weight is 227 g/mol. The van der Waals surface area contributed by atoms with Crippen LogP contribution in [-0.2, 0) is 19.1 Å². The zero-order valence-corrected chi connectivity index (χ0v) is 8.72. The summed E-state index contributed by atoms with van der Waals surface area (Å²) >= 11 is 0. The van der Waals surface area contributed by atoms with E-state index in [1.807, 2.05) is 0 Å². The number of carboxylic acids is 1. The Morgan fingerprint density at radius 3 is 2.69 bits per heavy atom. The van der Waals surface area contributed by atoms with Crippen molar-refractivity contribution in [3.63, 3.8) is 0 Å². The Morgan fingerprint density at radius 1 is 1.44 bits per heavy atom. The van der Waals surface area contributed by atoms with E-state index in [4.69, 9.17) is 14.6 Å². The largest absolute Gasteiger partial charge is 0.494 e. The van der Waals surface area contributed by atoms with Crippen LogP contribution < -0.4 is 0 Å². The zero-order chi connectivity index (χ0) is 11.5. The van der Waals surface area contributed by atoms with Gasteiger partial charge in [0, 0.05) is 6.04 Å². The van der Waals surface area contributed by atoms with Crippen LogP contribution in [0.2, 0.25) is 0 Å². The third kappa shape index (κ3) is 2.44. The highest BCUT2D eigenvalue weighted by Gasteiger charge is 2.36. The molecule has 6 nitrogen and oxygen atoms in total. The predicted molar refractivity (Wildman–Crippen MR) is 52.4 cm³/mol. The summed E-state index contributed by atoms with van der Waals surface area (Å²) in [6.45, 7) is 0.451. The monoisotopic (exact) mass is 227 g/mol. The predicted octanol–water partition coefficient (Wildman–Crippen LogP) is -0.0498. The maximum Gasteiger partial charge on any atom is 0.323 e. The molecule has 1 fully saturated rings. The van der Waals surface area contributed by atoms with Crippen molar-refractivity contribution >= 4 is 11.9 Å². The van der Waals surface area contributed by atoms with E-state index in [-0.39, 0.29) is 18.3 Å². The van der Waals surface area contributed by atoms with Crippen LogP contribution in [0, 0.1) is 0 Å². The number of carboxylic acid groups (broad SMARTS) is 1. The first kappa shape index (κ1) is 10.8. The molecule has 0 bridgehead atoms. The summed E-state index contributed by atoms with van der Waals surface area (Å²) in [7, 11) is 0. The van der Waals surface area contributed by atoms with Crippen LogP contribution in [0.4, 0.5) is 0 Å². The first-order valence-corrected chi connectivity index (χ1v) is 5.16. The molecule has 0 unspecified atom stereocenters. The standard InChI is InChI=1S/C10H13NO5/c12-9(13)5-11(7-1-2-7)10(14)8-6-15-3-4-16-8/h6-7H,1-5H2,(H,12,13). The highest BCUT2D eigenvalue weighted by Crippen LogP contribution is 2.28. The van der Waals surface area contributed by atoms with Crippen molar-refractivity contribution in [1.82, 2.24) is 4.90 Å². The molecule has 0 aromatic heterocycles. The highest BCUT2D eigenvalue weighted by molar-refractivity contribution is 5.93. The van der Waals surface area contributed by atoms with Crippen molar-refractivity contribution in [2.75, 3.05) is 19.8 Å². The summed E-state index contributed by atoms with van der Waals surface area (Å²) in [6.07, 6.45) is 2.96. The van der Waals surface area contributed by atoms with Gasteiger partial charge in [-0.25, -0.2) is 0 Å². The van der Waals surface area contributed by atoms with Gasteiger partial charge in [0.2, 0.25) is 5.76 Å². The Labute approximate surface area is 92.4 Å². The summed E-state index contributed by atoms with van der Waals surface area (Å²) in [4.78, 5) is 23.9. The van der Waals surface area contributed by atoms with E-state index < -0.39 is 11.9 Å². The van der Waals surface area contributed by atoms with Gasteiger partial charge in [0.1, 0.15) is 26.0 Å². The minimum absolute atomic E-state index is 0.0371. The molecular weight excluding hydrogens is 214 g/mol.